The number of aliphatic imine (C=N–C) groups is 1. The zero-order valence-corrected chi connectivity index (χ0v) is 15.3. The van der Waals surface area contributed by atoms with Gasteiger partial charge in [0.05, 0.1) is 19.4 Å². The van der Waals surface area contributed by atoms with Crippen molar-refractivity contribution < 1.29 is 15.7 Å². The highest BCUT2D eigenvalue weighted by molar-refractivity contribution is 5.98. The van der Waals surface area contributed by atoms with E-state index in [4.69, 9.17) is 14.5 Å². The van der Waals surface area contributed by atoms with Crippen molar-refractivity contribution in [3.8, 4) is 5.75 Å². The van der Waals surface area contributed by atoms with Crippen molar-refractivity contribution in [2.75, 3.05) is 24.1 Å². The van der Waals surface area contributed by atoms with Gasteiger partial charge in [-0.25, -0.2) is 4.99 Å². The van der Waals surface area contributed by atoms with Crippen molar-refractivity contribution in [2.24, 2.45) is 4.99 Å². The molecule has 0 fully saturated rings. The summed E-state index contributed by atoms with van der Waals surface area (Å²) in [4.78, 5) is 18.4. The number of amidine groups is 1. The first-order chi connectivity index (χ1) is 12.6. The lowest BCUT2D eigenvalue weighted by Gasteiger charge is -2.27. The highest BCUT2D eigenvalue weighted by Crippen LogP contribution is 2.28. The summed E-state index contributed by atoms with van der Waals surface area (Å²) in [7, 11) is 1.65. The van der Waals surface area contributed by atoms with E-state index >= 15 is 0 Å². The minimum absolute atomic E-state index is 0. The lowest BCUT2D eigenvalue weighted by molar-refractivity contribution is -0.115. The molecule has 1 amide bonds. The number of methoxy groups -OCH3 is 1. The van der Waals surface area contributed by atoms with Crippen LogP contribution in [-0.2, 0) is 16.1 Å². The van der Waals surface area contributed by atoms with Crippen LogP contribution in [0.15, 0.2) is 47.5 Å². The van der Waals surface area contributed by atoms with Crippen LogP contribution in [0.5, 0.6) is 5.75 Å². The van der Waals surface area contributed by atoms with E-state index < -0.39 is 0 Å². The molecule has 0 aliphatic carbocycles. The van der Waals surface area contributed by atoms with Gasteiger partial charge in [-0.1, -0.05) is 6.92 Å². The third-order valence-electron chi connectivity index (χ3n) is 4.22. The second-order valence-corrected chi connectivity index (χ2v) is 6.01. The molecule has 2 aromatic carbocycles. The van der Waals surface area contributed by atoms with Crippen molar-refractivity contribution in [3.63, 3.8) is 0 Å². The van der Waals surface area contributed by atoms with Gasteiger partial charge in [-0.05, 0) is 49.4 Å². The molecule has 0 radical (unpaired) electrons. The van der Waals surface area contributed by atoms with Crippen LogP contribution in [0.4, 0.5) is 17.1 Å². The van der Waals surface area contributed by atoms with Gasteiger partial charge in [0.2, 0.25) is 5.91 Å². The lowest BCUT2D eigenvalue weighted by atomic mass is 10.1. The van der Waals surface area contributed by atoms with Crippen LogP contribution in [-0.4, -0.2) is 25.6 Å². The second-order valence-electron chi connectivity index (χ2n) is 6.01. The van der Waals surface area contributed by atoms with Gasteiger partial charge in [0.25, 0.3) is 0 Å². The molecule has 1 aliphatic rings. The number of fused-ring (bicyclic) bond motifs is 1. The maximum atomic E-state index is 11.6. The Labute approximate surface area is 154 Å². The molecule has 0 saturated carbocycles. The van der Waals surface area contributed by atoms with Gasteiger partial charge in [-0.3, -0.25) is 4.79 Å². The largest absolute Gasteiger partial charge is 0.497 e. The number of amides is 1. The average molecular weight is 355 g/mol. The average Bonchev–Trinajstić information content (AvgIpc) is 2.65. The first-order valence-electron chi connectivity index (χ1n) is 8.58. The van der Waals surface area contributed by atoms with Crippen molar-refractivity contribution in [1.82, 2.24) is 0 Å². The topological polar surface area (TPSA) is 63.2 Å². The predicted molar refractivity (Wildman–Crippen MR) is 105 cm³/mol. The van der Waals surface area contributed by atoms with Crippen LogP contribution in [0.3, 0.4) is 0 Å². The standard InChI is InChI=1S/C20H23N3O3.H2/c1-4-20(24)22-16-5-10-19-15(11-16)12-26-13-23(14(2)21-19)17-6-8-18(25-3)9-7-17;/h5-11H,4,12-13H2,1-3H3,(H,22,24);1H. The van der Waals surface area contributed by atoms with Crippen molar-refractivity contribution in [2.45, 2.75) is 26.9 Å². The number of nitrogens with zero attached hydrogens (tertiary/aromatic N) is 2. The summed E-state index contributed by atoms with van der Waals surface area (Å²) in [6.45, 7) is 4.60. The lowest BCUT2D eigenvalue weighted by Crippen LogP contribution is -2.32. The first-order valence-corrected chi connectivity index (χ1v) is 8.58. The van der Waals surface area contributed by atoms with Gasteiger partial charge < -0.3 is 19.7 Å². The Hall–Kier alpha value is -2.86. The molecule has 1 N–H and O–H groups in total. The molecule has 0 aromatic heterocycles. The Morgan fingerprint density at radius 2 is 2.08 bits per heavy atom. The third-order valence-corrected chi connectivity index (χ3v) is 4.22. The number of hydrogen-bond donors (Lipinski definition) is 1. The fourth-order valence-electron chi connectivity index (χ4n) is 2.74. The van der Waals surface area contributed by atoms with Crippen LogP contribution in [0, 0.1) is 0 Å². The molecule has 6 nitrogen and oxygen atoms in total. The fourth-order valence-corrected chi connectivity index (χ4v) is 2.74. The van der Waals surface area contributed by atoms with E-state index in [1.807, 2.05) is 61.2 Å². The molecular weight excluding hydrogens is 330 g/mol. The van der Waals surface area contributed by atoms with Crippen LogP contribution < -0.4 is 15.0 Å². The smallest absolute Gasteiger partial charge is 0.224 e. The summed E-state index contributed by atoms with van der Waals surface area (Å²) in [5.74, 6) is 1.63. The molecule has 2 aromatic rings. The third kappa shape index (κ3) is 4.03. The molecule has 138 valence electrons. The maximum absolute atomic E-state index is 11.6. The Balaban J connectivity index is 0.00000261. The Bertz CT molecular complexity index is 822. The molecule has 0 saturated heterocycles. The van der Waals surface area contributed by atoms with E-state index in [-0.39, 0.29) is 7.33 Å². The number of nitrogens with one attached hydrogen (secondary N) is 1. The van der Waals surface area contributed by atoms with E-state index in [1.165, 1.54) is 0 Å². The van der Waals surface area contributed by atoms with Gasteiger partial charge >= 0.3 is 0 Å². The summed E-state index contributed by atoms with van der Waals surface area (Å²) < 4.78 is 11.1. The summed E-state index contributed by atoms with van der Waals surface area (Å²) in [5, 5.41) is 2.87. The van der Waals surface area contributed by atoms with Gasteiger partial charge in [-0.15, -0.1) is 0 Å². The van der Waals surface area contributed by atoms with E-state index in [0.717, 1.165) is 34.2 Å². The molecule has 0 bridgehead atoms. The maximum Gasteiger partial charge on any atom is 0.224 e. The minimum Gasteiger partial charge on any atom is -0.497 e. The summed E-state index contributed by atoms with van der Waals surface area (Å²) >= 11 is 0. The summed E-state index contributed by atoms with van der Waals surface area (Å²) in [5.41, 5.74) is 3.55. The number of hydrogen-bond acceptors (Lipinski definition) is 5. The van der Waals surface area contributed by atoms with Gasteiger partial charge in [0.15, 0.2) is 0 Å². The molecule has 0 spiro atoms. The number of ether oxygens (including phenoxy) is 2. The number of anilines is 2. The van der Waals surface area contributed by atoms with Crippen molar-refractivity contribution in [3.05, 3.63) is 48.0 Å². The Morgan fingerprint density at radius 1 is 1.31 bits per heavy atom. The highest BCUT2D eigenvalue weighted by Gasteiger charge is 2.15. The quantitative estimate of drug-likeness (QED) is 0.886. The van der Waals surface area contributed by atoms with E-state index in [1.54, 1.807) is 7.11 Å². The fraction of sp³-hybridized carbons (Fsp3) is 0.300. The zero-order valence-electron chi connectivity index (χ0n) is 15.3. The number of carbonyl (C=O) groups is 1. The number of benzene rings is 2. The minimum atomic E-state index is -0.0120. The van der Waals surface area contributed by atoms with Crippen LogP contribution in [0.25, 0.3) is 0 Å². The normalized spacial score (nSPS) is 14.0. The second kappa shape index (κ2) is 8.01. The van der Waals surface area contributed by atoms with Gasteiger partial charge in [0.1, 0.15) is 18.3 Å². The zero-order chi connectivity index (χ0) is 18.5. The molecular formula is C20H25N3O3. The van der Waals surface area contributed by atoms with Gasteiger partial charge in [0, 0.05) is 24.8 Å². The molecule has 0 unspecified atom stereocenters. The SMILES string of the molecule is CCC(=O)Nc1ccc2c(c1)COCN(c1ccc(OC)cc1)C(C)=N2.[HH]. The molecule has 1 aliphatic heterocycles. The monoisotopic (exact) mass is 355 g/mol. The van der Waals surface area contributed by atoms with Gasteiger partial charge in [-0.2, -0.15) is 0 Å². The highest BCUT2D eigenvalue weighted by atomic mass is 16.5. The molecule has 0 atom stereocenters. The van der Waals surface area contributed by atoms with Crippen LogP contribution in [0.2, 0.25) is 0 Å². The predicted octanol–water partition coefficient (Wildman–Crippen LogP) is 4.33. The van der Waals surface area contributed by atoms with Crippen LogP contribution >= 0.6 is 0 Å². The molecule has 1 heterocycles. The first kappa shape index (κ1) is 17.9. The van der Waals surface area contributed by atoms with Crippen LogP contribution in [0.1, 0.15) is 27.3 Å². The number of rotatable bonds is 4. The Morgan fingerprint density at radius 3 is 2.77 bits per heavy atom. The van der Waals surface area contributed by atoms with E-state index in [0.29, 0.717) is 19.8 Å². The molecule has 6 heteroatoms. The van der Waals surface area contributed by atoms with Crippen molar-refractivity contribution >= 4 is 28.8 Å². The van der Waals surface area contributed by atoms with Crippen molar-refractivity contribution in [1.29, 1.82) is 0 Å². The molecule has 3 rings (SSSR count). The number of carbonyl (C=O) groups excluding carboxylic acids is 1. The van der Waals surface area contributed by atoms with E-state index in [2.05, 4.69) is 5.32 Å². The Kier molecular flexibility index (Phi) is 5.53. The molecule has 26 heavy (non-hydrogen) atoms. The summed E-state index contributed by atoms with van der Waals surface area (Å²) in [6.07, 6.45) is 0.446. The van der Waals surface area contributed by atoms with E-state index in [9.17, 15) is 4.79 Å². The summed E-state index contributed by atoms with van der Waals surface area (Å²) in [6, 6.07) is 13.5.